The second-order valence-electron chi connectivity index (χ2n) is 4.77. The zero-order valence-corrected chi connectivity index (χ0v) is 11.6. The highest BCUT2D eigenvalue weighted by Crippen LogP contribution is 2.22. The van der Waals surface area contributed by atoms with Crippen molar-refractivity contribution in [2.45, 2.75) is 26.6 Å². The summed E-state index contributed by atoms with van der Waals surface area (Å²) < 4.78 is 6.00. The van der Waals surface area contributed by atoms with Gasteiger partial charge in [0.05, 0.1) is 0 Å². The molecule has 86 valence electrons. The number of allylic oxidation sites excluding steroid dienone is 2. The lowest BCUT2D eigenvalue weighted by Gasteiger charge is -2.22. The molecule has 0 aliphatic rings. The summed E-state index contributed by atoms with van der Waals surface area (Å²) in [6.45, 7) is 12.4. The van der Waals surface area contributed by atoms with E-state index >= 15 is 0 Å². The zero-order valence-electron chi connectivity index (χ0n) is 10.6. The predicted octanol–water partition coefficient (Wildman–Crippen LogP) is 4.46. The van der Waals surface area contributed by atoms with Crippen molar-refractivity contribution in [1.29, 1.82) is 0 Å². The van der Waals surface area contributed by atoms with E-state index in [1.807, 2.05) is 18.2 Å². The molecule has 1 aromatic rings. The average molecular weight is 232 g/mol. The fourth-order valence-corrected chi connectivity index (χ4v) is 2.33. The topological polar surface area (TPSA) is 9.23 Å². The van der Waals surface area contributed by atoms with Gasteiger partial charge in [-0.15, -0.1) is 0 Å². The molecule has 0 aliphatic carbocycles. The molecule has 1 aromatic carbocycles. The maximum Gasteiger partial charge on any atom is 0.242 e. The Morgan fingerprint density at radius 3 is 2.19 bits per heavy atom. The van der Waals surface area contributed by atoms with E-state index in [9.17, 15) is 0 Å². The van der Waals surface area contributed by atoms with Crippen LogP contribution >= 0.6 is 0 Å². The third-order valence-electron chi connectivity index (χ3n) is 2.18. The van der Waals surface area contributed by atoms with Crippen molar-refractivity contribution in [1.82, 2.24) is 0 Å². The van der Waals surface area contributed by atoms with Crippen LogP contribution in [0, 0.1) is 0 Å². The van der Waals surface area contributed by atoms with Crippen LogP contribution in [0.25, 0.3) is 5.57 Å². The Morgan fingerprint density at radius 1 is 1.19 bits per heavy atom. The number of hydrogen-bond acceptors (Lipinski definition) is 1. The molecule has 0 fully saturated rings. The van der Waals surface area contributed by atoms with Gasteiger partial charge in [-0.1, -0.05) is 36.9 Å². The summed E-state index contributed by atoms with van der Waals surface area (Å²) in [4.78, 5) is 0. The molecule has 0 bridgehead atoms. The van der Waals surface area contributed by atoms with E-state index in [2.05, 4.69) is 45.3 Å². The first-order valence-corrected chi connectivity index (χ1v) is 8.92. The highest BCUT2D eigenvalue weighted by Gasteiger charge is 2.17. The molecule has 16 heavy (non-hydrogen) atoms. The van der Waals surface area contributed by atoms with Gasteiger partial charge in [-0.05, 0) is 43.8 Å². The van der Waals surface area contributed by atoms with Crippen LogP contribution in [0.4, 0.5) is 0 Å². The van der Waals surface area contributed by atoms with Gasteiger partial charge in [-0.25, -0.2) is 0 Å². The summed E-state index contributed by atoms with van der Waals surface area (Å²) in [7, 11) is -1.57. The molecule has 2 heteroatoms. The second kappa shape index (κ2) is 5.17. The zero-order chi connectivity index (χ0) is 12.2. The molecule has 0 atom stereocenters. The fourth-order valence-electron chi connectivity index (χ4n) is 1.43. The van der Waals surface area contributed by atoms with Gasteiger partial charge in [-0.2, -0.15) is 0 Å². The van der Waals surface area contributed by atoms with Crippen LogP contribution < -0.4 is 0 Å². The maximum atomic E-state index is 6.00. The SMILES string of the molecule is C=C/C(O[Si](C)(C)C)=C(/C)c1ccccc1. The van der Waals surface area contributed by atoms with Crippen molar-refractivity contribution in [3.8, 4) is 0 Å². The van der Waals surface area contributed by atoms with E-state index in [1.54, 1.807) is 6.08 Å². The fraction of sp³-hybridized carbons (Fsp3) is 0.286. The molecule has 0 saturated carbocycles. The second-order valence-corrected chi connectivity index (χ2v) is 9.20. The summed E-state index contributed by atoms with van der Waals surface area (Å²) >= 11 is 0. The van der Waals surface area contributed by atoms with Crippen LogP contribution in [-0.4, -0.2) is 8.32 Å². The Labute approximate surface area is 99.6 Å². The Hall–Kier alpha value is -1.28. The maximum absolute atomic E-state index is 6.00. The molecule has 0 radical (unpaired) electrons. The highest BCUT2D eigenvalue weighted by molar-refractivity contribution is 6.70. The molecule has 0 heterocycles. The van der Waals surface area contributed by atoms with Crippen LogP contribution in [0.2, 0.25) is 19.6 Å². The minimum Gasteiger partial charge on any atom is -0.544 e. The molecular formula is C14H20OSi. The molecule has 0 unspecified atom stereocenters. The molecule has 1 nitrogen and oxygen atoms in total. The van der Waals surface area contributed by atoms with Gasteiger partial charge in [0.15, 0.2) is 0 Å². The predicted molar refractivity (Wildman–Crippen MR) is 73.7 cm³/mol. The quantitative estimate of drug-likeness (QED) is 0.423. The van der Waals surface area contributed by atoms with Gasteiger partial charge in [0.1, 0.15) is 5.76 Å². The van der Waals surface area contributed by atoms with Gasteiger partial charge in [0.25, 0.3) is 0 Å². The van der Waals surface area contributed by atoms with Crippen LogP contribution in [0.15, 0.2) is 48.7 Å². The van der Waals surface area contributed by atoms with Crippen LogP contribution in [0.3, 0.4) is 0 Å². The molecule has 1 rings (SSSR count). The first-order chi connectivity index (χ1) is 7.44. The smallest absolute Gasteiger partial charge is 0.242 e. The third kappa shape index (κ3) is 3.70. The Bertz CT molecular complexity index is 385. The first kappa shape index (κ1) is 12.8. The van der Waals surface area contributed by atoms with Crippen molar-refractivity contribution >= 4 is 13.9 Å². The summed E-state index contributed by atoms with van der Waals surface area (Å²) in [6, 6.07) is 10.3. The van der Waals surface area contributed by atoms with Gasteiger partial charge in [0.2, 0.25) is 8.32 Å². The Balaban J connectivity index is 3.05. The van der Waals surface area contributed by atoms with E-state index in [1.165, 1.54) is 5.56 Å². The Morgan fingerprint density at radius 2 is 1.75 bits per heavy atom. The standard InChI is InChI=1S/C14H20OSi/c1-6-14(15-16(3,4)5)12(2)13-10-8-7-9-11-13/h6-11H,1H2,2-5H3/b14-12+. The molecule has 0 saturated heterocycles. The third-order valence-corrected chi connectivity index (χ3v) is 3.01. The van der Waals surface area contributed by atoms with Crippen molar-refractivity contribution < 1.29 is 4.43 Å². The van der Waals surface area contributed by atoms with Gasteiger partial charge >= 0.3 is 0 Å². The van der Waals surface area contributed by atoms with Crippen molar-refractivity contribution in [3.05, 3.63) is 54.3 Å². The minimum absolute atomic E-state index is 0.908. The largest absolute Gasteiger partial charge is 0.544 e. The lowest BCUT2D eigenvalue weighted by atomic mass is 10.1. The summed E-state index contributed by atoms with van der Waals surface area (Å²) in [6.07, 6.45) is 1.81. The molecule has 0 N–H and O–H groups in total. The van der Waals surface area contributed by atoms with E-state index in [0.717, 1.165) is 11.3 Å². The summed E-state index contributed by atoms with van der Waals surface area (Å²) in [5.74, 6) is 0.908. The lowest BCUT2D eigenvalue weighted by Crippen LogP contribution is -2.24. The van der Waals surface area contributed by atoms with Gasteiger partial charge < -0.3 is 4.43 Å². The molecule has 0 amide bonds. The number of rotatable bonds is 4. The van der Waals surface area contributed by atoms with Gasteiger partial charge in [-0.3, -0.25) is 0 Å². The monoisotopic (exact) mass is 232 g/mol. The van der Waals surface area contributed by atoms with Crippen molar-refractivity contribution in [2.75, 3.05) is 0 Å². The molecule has 0 aromatic heterocycles. The van der Waals surface area contributed by atoms with Crippen molar-refractivity contribution in [2.24, 2.45) is 0 Å². The van der Waals surface area contributed by atoms with Gasteiger partial charge in [0, 0.05) is 0 Å². The van der Waals surface area contributed by atoms with Crippen molar-refractivity contribution in [3.63, 3.8) is 0 Å². The van der Waals surface area contributed by atoms with E-state index < -0.39 is 8.32 Å². The number of benzene rings is 1. The minimum atomic E-state index is -1.57. The molecule has 0 aliphatic heterocycles. The van der Waals surface area contributed by atoms with E-state index in [-0.39, 0.29) is 0 Å². The lowest BCUT2D eigenvalue weighted by molar-refractivity contribution is 0.444. The molecule has 0 spiro atoms. The Kier molecular flexibility index (Phi) is 4.13. The summed E-state index contributed by atoms with van der Waals surface area (Å²) in [5.41, 5.74) is 2.34. The van der Waals surface area contributed by atoms with Crippen LogP contribution in [0.1, 0.15) is 12.5 Å². The molecular weight excluding hydrogens is 212 g/mol. The van der Waals surface area contributed by atoms with E-state index in [4.69, 9.17) is 4.43 Å². The number of hydrogen-bond donors (Lipinski definition) is 0. The van der Waals surface area contributed by atoms with Crippen LogP contribution in [-0.2, 0) is 4.43 Å². The summed E-state index contributed by atoms with van der Waals surface area (Å²) in [5, 5.41) is 0. The van der Waals surface area contributed by atoms with E-state index in [0.29, 0.717) is 0 Å². The average Bonchev–Trinajstić information content (AvgIpc) is 2.25. The first-order valence-electron chi connectivity index (χ1n) is 5.52. The van der Waals surface area contributed by atoms with Crippen LogP contribution in [0.5, 0.6) is 0 Å². The normalized spacial score (nSPS) is 13.0. The highest BCUT2D eigenvalue weighted by atomic mass is 28.4.